The molecule has 2 amide bonds. The third kappa shape index (κ3) is 2.95. The van der Waals surface area contributed by atoms with Crippen molar-refractivity contribution in [3.8, 4) is 0 Å². The Kier molecular flexibility index (Phi) is 4.34. The van der Waals surface area contributed by atoms with Crippen molar-refractivity contribution in [1.82, 2.24) is 10.6 Å². The topological polar surface area (TPSA) is 61.4 Å². The fourth-order valence-corrected chi connectivity index (χ4v) is 4.03. The summed E-state index contributed by atoms with van der Waals surface area (Å²) < 4.78 is 13.5. The molecular weight excluding hydrogens is 283 g/mol. The number of rotatable bonds is 4. The zero-order chi connectivity index (χ0) is 15.7. The number of fused-ring (bicyclic) bond motifs is 2. The van der Waals surface area contributed by atoms with Gasteiger partial charge in [0.2, 0.25) is 0 Å². The number of amides is 2. The molecule has 3 N–H and O–H groups in total. The van der Waals surface area contributed by atoms with Gasteiger partial charge in [-0.15, -0.1) is 0 Å². The molecule has 2 aliphatic carbocycles. The van der Waals surface area contributed by atoms with Crippen LogP contribution in [0.2, 0.25) is 0 Å². The summed E-state index contributed by atoms with van der Waals surface area (Å²) >= 11 is 0. The van der Waals surface area contributed by atoms with Crippen LogP contribution >= 0.6 is 0 Å². The molecular formula is C17H23FN2O2. The number of urea groups is 1. The van der Waals surface area contributed by atoms with E-state index >= 15 is 0 Å². The molecule has 0 aliphatic heterocycles. The molecule has 2 saturated carbocycles. The van der Waals surface area contributed by atoms with E-state index in [-0.39, 0.29) is 30.4 Å². The maximum atomic E-state index is 13.5. The highest BCUT2D eigenvalue weighted by Crippen LogP contribution is 2.48. The second kappa shape index (κ2) is 6.24. The Morgan fingerprint density at radius 2 is 2.14 bits per heavy atom. The lowest BCUT2D eigenvalue weighted by molar-refractivity contribution is 0.144. The van der Waals surface area contributed by atoms with E-state index < -0.39 is 0 Å². The first kappa shape index (κ1) is 15.3. The Bertz CT molecular complexity index is 564. The standard InChI is InChI=1S/C17H23FN2O2/c1-10-2-3-11(6-15(10)18)8-19-17(22)20-16-13-5-4-12(7-13)14(16)9-21/h2-3,6,12-14,16,21H,4-5,7-9H2,1H3,(H2,19,20,22). The van der Waals surface area contributed by atoms with Gasteiger partial charge in [0.05, 0.1) is 0 Å². The van der Waals surface area contributed by atoms with Crippen molar-refractivity contribution in [3.63, 3.8) is 0 Å². The first-order valence-corrected chi connectivity index (χ1v) is 7.98. The quantitative estimate of drug-likeness (QED) is 0.799. The number of carbonyl (C=O) groups excluding carboxylic acids is 1. The summed E-state index contributed by atoms with van der Waals surface area (Å²) in [6.07, 6.45) is 3.41. The monoisotopic (exact) mass is 306 g/mol. The second-order valence-corrected chi connectivity index (χ2v) is 6.62. The molecule has 4 atom stereocenters. The third-order valence-corrected chi connectivity index (χ3v) is 5.29. The lowest BCUT2D eigenvalue weighted by atomic mass is 9.85. The Morgan fingerprint density at radius 1 is 1.36 bits per heavy atom. The number of benzene rings is 1. The minimum Gasteiger partial charge on any atom is -0.396 e. The summed E-state index contributed by atoms with van der Waals surface area (Å²) in [6.45, 7) is 2.15. The summed E-state index contributed by atoms with van der Waals surface area (Å²) in [5, 5.41) is 15.3. The lowest BCUT2D eigenvalue weighted by Crippen LogP contribution is -2.48. The molecule has 4 nitrogen and oxygen atoms in total. The first-order chi connectivity index (χ1) is 10.6. The molecule has 3 rings (SSSR count). The van der Waals surface area contributed by atoms with Crippen molar-refractivity contribution >= 4 is 6.03 Å². The van der Waals surface area contributed by atoms with E-state index in [4.69, 9.17) is 0 Å². The highest BCUT2D eigenvalue weighted by molar-refractivity contribution is 5.74. The number of hydrogen-bond acceptors (Lipinski definition) is 2. The van der Waals surface area contributed by atoms with Crippen LogP contribution in [0.25, 0.3) is 0 Å². The van der Waals surface area contributed by atoms with Crippen molar-refractivity contribution in [2.75, 3.05) is 6.61 Å². The van der Waals surface area contributed by atoms with Gasteiger partial charge in [0.1, 0.15) is 5.82 Å². The van der Waals surface area contributed by atoms with Gasteiger partial charge in [-0.3, -0.25) is 0 Å². The average molecular weight is 306 g/mol. The Balaban J connectivity index is 1.53. The van der Waals surface area contributed by atoms with Crippen molar-refractivity contribution in [2.45, 2.75) is 38.8 Å². The van der Waals surface area contributed by atoms with E-state index in [0.717, 1.165) is 18.4 Å². The molecule has 4 unspecified atom stereocenters. The van der Waals surface area contributed by atoms with E-state index in [0.29, 0.717) is 23.9 Å². The molecule has 0 saturated heterocycles. The SMILES string of the molecule is Cc1ccc(CNC(=O)NC2C3CCC(C3)C2CO)cc1F. The summed E-state index contributed by atoms with van der Waals surface area (Å²) in [5.74, 6) is 0.964. The third-order valence-electron chi connectivity index (χ3n) is 5.29. The largest absolute Gasteiger partial charge is 0.396 e. The maximum Gasteiger partial charge on any atom is 0.315 e. The normalized spacial score (nSPS) is 29.6. The van der Waals surface area contributed by atoms with Crippen LogP contribution in [-0.4, -0.2) is 23.8 Å². The predicted molar refractivity (Wildman–Crippen MR) is 81.7 cm³/mol. The van der Waals surface area contributed by atoms with Crippen LogP contribution in [0.5, 0.6) is 0 Å². The number of aliphatic hydroxyl groups is 1. The zero-order valence-electron chi connectivity index (χ0n) is 12.8. The van der Waals surface area contributed by atoms with Crippen LogP contribution in [0.1, 0.15) is 30.4 Å². The van der Waals surface area contributed by atoms with E-state index in [9.17, 15) is 14.3 Å². The van der Waals surface area contributed by atoms with Crippen LogP contribution in [0.15, 0.2) is 18.2 Å². The Hall–Kier alpha value is -1.62. The molecule has 0 aromatic heterocycles. The maximum absolute atomic E-state index is 13.5. The molecule has 2 fully saturated rings. The second-order valence-electron chi connectivity index (χ2n) is 6.62. The molecule has 2 aliphatic rings. The molecule has 120 valence electrons. The predicted octanol–water partition coefficient (Wildman–Crippen LogP) is 2.34. The average Bonchev–Trinajstić information content (AvgIpc) is 3.09. The summed E-state index contributed by atoms with van der Waals surface area (Å²) in [5.41, 5.74) is 1.34. The minimum atomic E-state index is -0.256. The van der Waals surface area contributed by atoms with Gasteiger partial charge in [-0.05, 0) is 55.2 Å². The van der Waals surface area contributed by atoms with E-state index in [1.807, 2.05) is 6.07 Å². The smallest absolute Gasteiger partial charge is 0.315 e. The molecule has 1 aromatic carbocycles. The van der Waals surface area contributed by atoms with Crippen LogP contribution < -0.4 is 10.6 Å². The Labute approximate surface area is 130 Å². The number of halogens is 1. The molecule has 0 spiro atoms. The number of aryl methyl sites for hydroxylation is 1. The summed E-state index contributed by atoms with van der Waals surface area (Å²) in [7, 11) is 0. The van der Waals surface area contributed by atoms with Gasteiger partial charge in [-0.1, -0.05) is 12.1 Å². The highest BCUT2D eigenvalue weighted by atomic mass is 19.1. The first-order valence-electron chi connectivity index (χ1n) is 7.98. The van der Waals surface area contributed by atoms with Crippen LogP contribution in [0.3, 0.4) is 0 Å². The van der Waals surface area contributed by atoms with Gasteiger partial charge in [-0.2, -0.15) is 0 Å². The molecule has 2 bridgehead atoms. The molecule has 5 heteroatoms. The summed E-state index contributed by atoms with van der Waals surface area (Å²) in [4.78, 5) is 12.1. The highest BCUT2D eigenvalue weighted by Gasteiger charge is 2.47. The van der Waals surface area contributed by atoms with Gasteiger partial charge < -0.3 is 15.7 Å². The number of nitrogens with one attached hydrogen (secondary N) is 2. The van der Waals surface area contributed by atoms with Gasteiger partial charge in [-0.25, -0.2) is 9.18 Å². The van der Waals surface area contributed by atoms with E-state index in [1.165, 1.54) is 12.5 Å². The van der Waals surface area contributed by atoms with Gasteiger partial charge >= 0.3 is 6.03 Å². The van der Waals surface area contributed by atoms with Crippen LogP contribution in [-0.2, 0) is 6.54 Å². The van der Waals surface area contributed by atoms with Crippen molar-refractivity contribution < 1.29 is 14.3 Å². The molecule has 1 aromatic rings. The molecule has 0 radical (unpaired) electrons. The fraction of sp³-hybridized carbons (Fsp3) is 0.588. The number of aliphatic hydroxyl groups excluding tert-OH is 1. The zero-order valence-corrected chi connectivity index (χ0v) is 12.8. The van der Waals surface area contributed by atoms with Crippen molar-refractivity contribution in [3.05, 3.63) is 35.1 Å². The van der Waals surface area contributed by atoms with Crippen LogP contribution in [0.4, 0.5) is 9.18 Å². The van der Waals surface area contributed by atoms with Crippen molar-refractivity contribution in [2.24, 2.45) is 17.8 Å². The number of hydrogen-bond donors (Lipinski definition) is 3. The van der Waals surface area contributed by atoms with Crippen LogP contribution in [0, 0.1) is 30.5 Å². The van der Waals surface area contributed by atoms with Crippen molar-refractivity contribution in [1.29, 1.82) is 0 Å². The molecule has 22 heavy (non-hydrogen) atoms. The van der Waals surface area contributed by atoms with Gasteiger partial charge in [0, 0.05) is 25.1 Å². The molecule has 0 heterocycles. The van der Waals surface area contributed by atoms with E-state index in [2.05, 4.69) is 10.6 Å². The minimum absolute atomic E-state index is 0.0681. The lowest BCUT2D eigenvalue weighted by Gasteiger charge is -2.30. The summed E-state index contributed by atoms with van der Waals surface area (Å²) in [6, 6.07) is 4.80. The fourth-order valence-electron chi connectivity index (χ4n) is 4.03. The van der Waals surface area contributed by atoms with Gasteiger partial charge in [0.25, 0.3) is 0 Å². The van der Waals surface area contributed by atoms with E-state index in [1.54, 1.807) is 13.0 Å². The van der Waals surface area contributed by atoms with Gasteiger partial charge in [0.15, 0.2) is 0 Å². The Morgan fingerprint density at radius 3 is 2.86 bits per heavy atom. The number of carbonyl (C=O) groups is 1.